The highest BCUT2D eigenvalue weighted by atomic mass is 79.9. The van der Waals surface area contributed by atoms with Crippen LogP contribution < -0.4 is 9.47 Å². The summed E-state index contributed by atoms with van der Waals surface area (Å²) in [5.74, 6) is 1.02. The number of methoxy groups -OCH3 is 1. The van der Waals surface area contributed by atoms with E-state index in [-0.39, 0.29) is 11.4 Å². The van der Waals surface area contributed by atoms with Gasteiger partial charge in [-0.25, -0.2) is 4.98 Å². The van der Waals surface area contributed by atoms with Crippen LogP contribution in [0.4, 0.5) is 0 Å². The van der Waals surface area contributed by atoms with Crippen molar-refractivity contribution < 1.29 is 9.47 Å². The van der Waals surface area contributed by atoms with Gasteiger partial charge in [0.15, 0.2) is 0 Å². The molecule has 1 aromatic heterocycles. The molecule has 0 unspecified atom stereocenters. The fraction of sp³-hybridized carbons (Fsp3) is 0.412. The number of allylic oxidation sites excluding steroid dienone is 3. The number of nitrogens with zero attached hydrogens (tertiary/aromatic N) is 5. The molecule has 1 aliphatic carbocycles. The van der Waals surface area contributed by atoms with Crippen LogP contribution in [0.1, 0.15) is 27.2 Å². The highest BCUT2D eigenvalue weighted by molar-refractivity contribution is 9.12. The van der Waals surface area contributed by atoms with Gasteiger partial charge in [0.25, 0.3) is 0 Å². The van der Waals surface area contributed by atoms with Gasteiger partial charge < -0.3 is 9.47 Å². The fourth-order valence-electron chi connectivity index (χ4n) is 2.36. The first-order valence-electron chi connectivity index (χ1n) is 7.90. The summed E-state index contributed by atoms with van der Waals surface area (Å²) in [6.07, 6.45) is 6.14. The van der Waals surface area contributed by atoms with Crippen LogP contribution in [0.5, 0.6) is 11.9 Å². The smallest absolute Gasteiger partial charge is 0.325 e. The number of halogens is 1. The Morgan fingerprint density at radius 1 is 1.28 bits per heavy atom. The van der Waals surface area contributed by atoms with Gasteiger partial charge in [0.1, 0.15) is 5.76 Å². The van der Waals surface area contributed by atoms with E-state index in [9.17, 15) is 0 Å². The first-order chi connectivity index (χ1) is 11.9. The lowest BCUT2D eigenvalue weighted by molar-refractivity contribution is 0.217. The maximum atomic E-state index is 5.82. The van der Waals surface area contributed by atoms with Gasteiger partial charge in [0.05, 0.1) is 17.3 Å². The van der Waals surface area contributed by atoms with Crippen LogP contribution in [-0.4, -0.2) is 28.6 Å². The molecule has 0 fully saturated rings. The Hall–Kier alpha value is -2.22. The van der Waals surface area contributed by atoms with Crippen molar-refractivity contribution in [2.24, 2.45) is 15.8 Å². The first-order valence-corrected chi connectivity index (χ1v) is 8.69. The Kier molecular flexibility index (Phi) is 4.89. The largest absolute Gasteiger partial charge is 0.481 e. The Morgan fingerprint density at radius 2 is 2.08 bits per heavy atom. The van der Waals surface area contributed by atoms with Gasteiger partial charge in [0.2, 0.25) is 5.88 Å². The maximum absolute atomic E-state index is 5.82. The highest BCUT2D eigenvalue weighted by Crippen LogP contribution is 2.36. The Morgan fingerprint density at radius 3 is 2.80 bits per heavy atom. The number of ether oxygens (including phenoxy) is 2. The third-order valence-corrected chi connectivity index (χ3v) is 4.34. The molecule has 2 aliphatic rings. The molecule has 25 heavy (non-hydrogen) atoms. The van der Waals surface area contributed by atoms with E-state index in [2.05, 4.69) is 57.0 Å². The van der Waals surface area contributed by atoms with Crippen molar-refractivity contribution in [1.29, 1.82) is 0 Å². The van der Waals surface area contributed by atoms with E-state index >= 15 is 0 Å². The summed E-state index contributed by atoms with van der Waals surface area (Å²) in [6, 6.07) is 1.87. The Bertz CT molecular complexity index is 792. The van der Waals surface area contributed by atoms with Crippen LogP contribution in [0.3, 0.4) is 0 Å². The van der Waals surface area contributed by atoms with Crippen LogP contribution in [-0.2, 0) is 0 Å². The van der Waals surface area contributed by atoms with Crippen LogP contribution in [0.15, 0.2) is 56.4 Å². The summed E-state index contributed by atoms with van der Waals surface area (Å²) in [5.41, 5.74) is 1.99. The molecule has 0 N–H and O–H groups in total. The molecule has 2 heterocycles. The van der Waals surface area contributed by atoms with Gasteiger partial charge in [-0.3, -0.25) is 5.01 Å². The third kappa shape index (κ3) is 4.25. The monoisotopic (exact) mass is 405 g/mol. The number of aromatic nitrogens is 2. The SMILES string of the molecule is COc1ccnc(OC2=CC=C3CC(=C2Br)N=NN3CC(C)(C)C)n1. The van der Waals surface area contributed by atoms with Crippen LogP contribution in [0, 0.1) is 5.41 Å². The van der Waals surface area contributed by atoms with Gasteiger partial charge in [-0.05, 0) is 33.5 Å². The number of hydrogen-bond donors (Lipinski definition) is 0. The second-order valence-corrected chi connectivity index (χ2v) is 7.71. The van der Waals surface area contributed by atoms with E-state index in [1.54, 1.807) is 19.4 Å². The van der Waals surface area contributed by atoms with Crippen molar-refractivity contribution in [2.45, 2.75) is 27.2 Å². The molecule has 8 heteroatoms. The van der Waals surface area contributed by atoms with E-state index in [1.165, 1.54) is 0 Å². The minimum absolute atomic E-state index is 0.113. The molecule has 0 radical (unpaired) electrons. The van der Waals surface area contributed by atoms with Gasteiger partial charge in [-0.2, -0.15) is 4.98 Å². The zero-order chi connectivity index (χ0) is 18.0. The summed E-state index contributed by atoms with van der Waals surface area (Å²) in [4.78, 5) is 8.29. The third-order valence-electron chi connectivity index (χ3n) is 3.49. The van der Waals surface area contributed by atoms with Gasteiger partial charge in [-0.15, -0.1) is 5.11 Å². The molecule has 3 rings (SSSR count). The van der Waals surface area contributed by atoms with E-state index in [0.717, 1.165) is 22.4 Å². The Labute approximate surface area is 155 Å². The van der Waals surface area contributed by atoms with Crippen LogP contribution >= 0.6 is 15.9 Å². The van der Waals surface area contributed by atoms with E-state index in [1.807, 2.05) is 17.2 Å². The molecule has 0 spiro atoms. The lowest BCUT2D eigenvalue weighted by atomic mass is 9.96. The molecule has 1 aliphatic heterocycles. The number of hydrogen-bond acceptors (Lipinski definition) is 7. The second-order valence-electron chi connectivity index (χ2n) is 6.92. The molecule has 0 saturated carbocycles. The van der Waals surface area contributed by atoms with Gasteiger partial charge >= 0.3 is 6.01 Å². The normalized spacial score (nSPS) is 17.1. The van der Waals surface area contributed by atoms with E-state index in [0.29, 0.717) is 18.1 Å². The fourth-order valence-corrected chi connectivity index (χ4v) is 2.80. The molecular weight excluding hydrogens is 386 g/mol. The minimum Gasteiger partial charge on any atom is -0.481 e. The molecule has 0 aromatic carbocycles. The molecule has 0 atom stereocenters. The highest BCUT2D eigenvalue weighted by Gasteiger charge is 2.26. The molecule has 2 bridgehead atoms. The minimum atomic E-state index is 0.113. The van der Waals surface area contributed by atoms with Crippen molar-refractivity contribution in [3.8, 4) is 11.9 Å². The zero-order valence-corrected chi connectivity index (χ0v) is 16.2. The summed E-state index contributed by atoms with van der Waals surface area (Å²) in [7, 11) is 1.55. The van der Waals surface area contributed by atoms with E-state index in [4.69, 9.17) is 9.47 Å². The van der Waals surface area contributed by atoms with E-state index < -0.39 is 0 Å². The van der Waals surface area contributed by atoms with Gasteiger partial charge in [-0.1, -0.05) is 26.0 Å². The van der Waals surface area contributed by atoms with Crippen molar-refractivity contribution in [3.63, 3.8) is 0 Å². The first kappa shape index (κ1) is 17.6. The van der Waals surface area contributed by atoms with Crippen LogP contribution in [0.2, 0.25) is 0 Å². The van der Waals surface area contributed by atoms with Crippen molar-refractivity contribution in [3.05, 3.63) is 46.1 Å². The summed E-state index contributed by atoms with van der Waals surface area (Å²) in [6.45, 7) is 7.30. The van der Waals surface area contributed by atoms with Crippen molar-refractivity contribution in [2.75, 3.05) is 13.7 Å². The summed E-state index contributed by atoms with van der Waals surface area (Å²) >= 11 is 3.56. The lowest BCUT2D eigenvalue weighted by Gasteiger charge is -2.30. The molecule has 7 nitrogen and oxygen atoms in total. The summed E-state index contributed by atoms with van der Waals surface area (Å²) < 4.78 is 11.7. The predicted molar refractivity (Wildman–Crippen MR) is 97.0 cm³/mol. The van der Waals surface area contributed by atoms with Crippen LogP contribution in [0.25, 0.3) is 0 Å². The molecule has 0 amide bonds. The van der Waals surface area contributed by atoms with Crippen molar-refractivity contribution in [1.82, 2.24) is 15.0 Å². The topological polar surface area (TPSA) is 72.2 Å². The zero-order valence-electron chi connectivity index (χ0n) is 14.7. The predicted octanol–water partition coefficient (Wildman–Crippen LogP) is 4.37. The maximum Gasteiger partial charge on any atom is 0.325 e. The molecule has 1 aromatic rings. The average molecular weight is 406 g/mol. The Balaban J connectivity index is 1.88. The van der Waals surface area contributed by atoms with Gasteiger partial charge in [0, 0.05) is 30.9 Å². The molecule has 132 valence electrons. The molecule has 0 saturated heterocycles. The average Bonchev–Trinajstić information content (AvgIpc) is 2.69. The summed E-state index contributed by atoms with van der Waals surface area (Å²) in [5, 5.41) is 10.6. The quantitative estimate of drug-likeness (QED) is 0.743. The second kappa shape index (κ2) is 6.95. The van der Waals surface area contributed by atoms with Crippen molar-refractivity contribution >= 4 is 15.9 Å². The molecular formula is C17H20BrN5O2. The number of fused-ring (bicyclic) bond motifs is 2. The number of rotatable bonds is 4. The lowest BCUT2D eigenvalue weighted by Crippen LogP contribution is -2.29. The standard InChI is InChI=1S/C17H20BrN5O2/c1-17(2,3)10-23-11-5-6-13(15(18)12(9-11)21-22-23)25-16-19-8-7-14(20-16)24-4/h5-8H,9-10H2,1-4H3.